The molecule has 0 rings (SSSR count). The van der Waals surface area contributed by atoms with Gasteiger partial charge in [0.05, 0.1) is 0 Å². The second-order valence-electron chi connectivity index (χ2n) is 3.35. The first-order chi connectivity index (χ1) is 6.84. The molecule has 0 radical (unpaired) electrons. The standard InChI is InChI=1S/C7H14N2O6/c1-4-5-7(6(2)3,14-8(10)11)15-9(12)13/h6H,4-5H2,1-3H3. The third kappa shape index (κ3) is 3.96. The van der Waals surface area contributed by atoms with Crippen LogP contribution in [0.2, 0.25) is 0 Å². The second kappa shape index (κ2) is 5.32. The highest BCUT2D eigenvalue weighted by Crippen LogP contribution is 2.29. The van der Waals surface area contributed by atoms with Crippen molar-refractivity contribution < 1.29 is 19.8 Å². The summed E-state index contributed by atoms with van der Waals surface area (Å²) in [6.07, 6.45) is 0.548. The maximum absolute atomic E-state index is 10.3. The highest BCUT2D eigenvalue weighted by molar-refractivity contribution is 4.70. The minimum Gasteiger partial charge on any atom is -0.279 e. The molecule has 0 aliphatic carbocycles. The third-order valence-corrected chi connectivity index (χ3v) is 1.94. The van der Waals surface area contributed by atoms with Gasteiger partial charge in [-0.3, -0.25) is 9.68 Å². The van der Waals surface area contributed by atoms with Gasteiger partial charge in [0.1, 0.15) is 0 Å². The fourth-order valence-electron chi connectivity index (χ4n) is 1.21. The zero-order valence-electron chi connectivity index (χ0n) is 8.84. The van der Waals surface area contributed by atoms with Crippen LogP contribution in [0.1, 0.15) is 33.6 Å². The molecule has 0 heterocycles. The van der Waals surface area contributed by atoms with Gasteiger partial charge in [0.25, 0.3) is 16.0 Å². The van der Waals surface area contributed by atoms with E-state index in [2.05, 4.69) is 9.68 Å². The predicted octanol–water partition coefficient (Wildman–Crippen LogP) is 1.56. The number of hydrogen-bond donors (Lipinski definition) is 0. The molecule has 0 aromatic heterocycles. The molecule has 0 aromatic rings. The van der Waals surface area contributed by atoms with Crippen LogP contribution < -0.4 is 0 Å². The Morgan fingerprint density at radius 2 is 1.60 bits per heavy atom. The highest BCUT2D eigenvalue weighted by Gasteiger charge is 2.41. The second-order valence-corrected chi connectivity index (χ2v) is 3.35. The number of rotatable bonds is 7. The van der Waals surface area contributed by atoms with Crippen molar-refractivity contribution in [1.29, 1.82) is 0 Å². The van der Waals surface area contributed by atoms with Gasteiger partial charge < -0.3 is 0 Å². The van der Waals surface area contributed by atoms with Gasteiger partial charge in [-0.25, -0.2) is 0 Å². The lowest BCUT2D eigenvalue weighted by Gasteiger charge is -2.31. The first-order valence-corrected chi connectivity index (χ1v) is 4.51. The van der Waals surface area contributed by atoms with Crippen LogP contribution in [0.4, 0.5) is 0 Å². The molecule has 0 aromatic carbocycles. The van der Waals surface area contributed by atoms with E-state index in [0.717, 1.165) is 0 Å². The Morgan fingerprint density at radius 1 is 1.20 bits per heavy atom. The molecule has 8 nitrogen and oxygen atoms in total. The lowest BCUT2D eigenvalue weighted by molar-refractivity contribution is -0.876. The van der Waals surface area contributed by atoms with Crippen LogP contribution in [0.5, 0.6) is 0 Å². The van der Waals surface area contributed by atoms with E-state index in [9.17, 15) is 20.2 Å². The molecule has 0 N–H and O–H groups in total. The maximum Gasteiger partial charge on any atom is 0.297 e. The molecular weight excluding hydrogens is 208 g/mol. The molecule has 15 heavy (non-hydrogen) atoms. The molecule has 0 atom stereocenters. The first kappa shape index (κ1) is 13.4. The van der Waals surface area contributed by atoms with Crippen LogP contribution in [0.15, 0.2) is 0 Å². The minimum atomic E-state index is -1.80. The van der Waals surface area contributed by atoms with Gasteiger partial charge in [0, 0.05) is 12.3 Å². The summed E-state index contributed by atoms with van der Waals surface area (Å²) < 4.78 is 0. The summed E-state index contributed by atoms with van der Waals surface area (Å²) in [5.74, 6) is -2.31. The van der Waals surface area contributed by atoms with E-state index in [4.69, 9.17) is 0 Å². The van der Waals surface area contributed by atoms with Crippen LogP contribution in [0, 0.1) is 26.1 Å². The molecule has 0 unspecified atom stereocenters. The van der Waals surface area contributed by atoms with Gasteiger partial charge in [-0.2, -0.15) is 0 Å². The molecule has 0 fully saturated rings. The van der Waals surface area contributed by atoms with E-state index >= 15 is 0 Å². The van der Waals surface area contributed by atoms with Crippen molar-refractivity contribution in [2.24, 2.45) is 5.92 Å². The van der Waals surface area contributed by atoms with Crippen LogP contribution in [-0.4, -0.2) is 16.0 Å². The van der Waals surface area contributed by atoms with Gasteiger partial charge in [0.2, 0.25) is 0 Å². The van der Waals surface area contributed by atoms with Crippen molar-refractivity contribution in [2.75, 3.05) is 0 Å². The average molecular weight is 222 g/mol. The SMILES string of the molecule is CCCC(O[N+](=O)[O-])(O[N+](=O)[O-])C(C)C. The molecule has 0 aliphatic heterocycles. The lowest BCUT2D eigenvalue weighted by Crippen LogP contribution is -2.44. The van der Waals surface area contributed by atoms with Gasteiger partial charge >= 0.3 is 0 Å². The molecule has 8 heteroatoms. The molecule has 88 valence electrons. The van der Waals surface area contributed by atoms with Crippen molar-refractivity contribution >= 4 is 0 Å². The van der Waals surface area contributed by atoms with Crippen LogP contribution >= 0.6 is 0 Å². The van der Waals surface area contributed by atoms with E-state index in [1.54, 1.807) is 20.8 Å². The zero-order chi connectivity index (χ0) is 12.1. The van der Waals surface area contributed by atoms with Crippen molar-refractivity contribution in [1.82, 2.24) is 0 Å². The lowest BCUT2D eigenvalue weighted by atomic mass is 9.98. The van der Waals surface area contributed by atoms with Crippen LogP contribution in [0.3, 0.4) is 0 Å². The normalized spacial score (nSPS) is 11.2. The van der Waals surface area contributed by atoms with Gasteiger partial charge in [-0.1, -0.05) is 27.2 Å². The smallest absolute Gasteiger partial charge is 0.279 e. The quantitative estimate of drug-likeness (QED) is 0.367. The van der Waals surface area contributed by atoms with Crippen molar-refractivity contribution in [3.05, 3.63) is 20.2 Å². The minimum absolute atomic E-state index is 0.0760. The summed E-state index contributed by atoms with van der Waals surface area (Å²) in [6, 6.07) is 0. The van der Waals surface area contributed by atoms with Crippen molar-refractivity contribution in [2.45, 2.75) is 39.4 Å². The molecule has 0 aliphatic rings. The van der Waals surface area contributed by atoms with E-state index in [1.807, 2.05) is 0 Å². The summed E-state index contributed by atoms with van der Waals surface area (Å²) in [5, 5.41) is 18.4. The molecular formula is C7H14N2O6. The third-order valence-electron chi connectivity index (χ3n) is 1.94. The number of hydrogen-bond acceptors (Lipinski definition) is 6. The Hall–Kier alpha value is -1.60. The fraction of sp³-hybridized carbons (Fsp3) is 1.00. The van der Waals surface area contributed by atoms with Crippen LogP contribution in [0.25, 0.3) is 0 Å². The Bertz CT molecular complexity index is 226. The fourth-order valence-corrected chi connectivity index (χ4v) is 1.21. The topological polar surface area (TPSA) is 105 Å². The van der Waals surface area contributed by atoms with Gasteiger partial charge in [-0.05, 0) is 0 Å². The molecule has 0 saturated carbocycles. The Kier molecular flexibility index (Phi) is 4.75. The summed E-state index contributed by atoms with van der Waals surface area (Å²) in [5.41, 5.74) is 0. The summed E-state index contributed by atoms with van der Waals surface area (Å²) in [6.45, 7) is 4.84. The zero-order valence-corrected chi connectivity index (χ0v) is 8.84. The van der Waals surface area contributed by atoms with Gasteiger partial charge in [-0.15, -0.1) is 20.2 Å². The average Bonchev–Trinajstić information content (AvgIpc) is 2.01. The van der Waals surface area contributed by atoms with Crippen LogP contribution in [-0.2, 0) is 9.68 Å². The maximum atomic E-state index is 10.3. The molecule has 0 amide bonds. The van der Waals surface area contributed by atoms with E-state index < -0.39 is 21.9 Å². The Balaban J connectivity index is 4.87. The summed E-state index contributed by atoms with van der Waals surface area (Å²) in [4.78, 5) is 29.1. The van der Waals surface area contributed by atoms with E-state index in [-0.39, 0.29) is 6.42 Å². The Morgan fingerprint density at radius 3 is 1.80 bits per heavy atom. The summed E-state index contributed by atoms with van der Waals surface area (Å²) >= 11 is 0. The Labute approximate surface area is 86.4 Å². The van der Waals surface area contributed by atoms with Gasteiger partial charge in [0.15, 0.2) is 0 Å². The van der Waals surface area contributed by atoms with Crippen molar-refractivity contribution in [3.63, 3.8) is 0 Å². The van der Waals surface area contributed by atoms with E-state index in [1.165, 1.54) is 0 Å². The molecule has 0 bridgehead atoms. The number of nitrogens with zero attached hydrogens (tertiary/aromatic N) is 2. The predicted molar refractivity (Wildman–Crippen MR) is 48.6 cm³/mol. The molecule has 0 saturated heterocycles. The van der Waals surface area contributed by atoms with E-state index in [0.29, 0.717) is 6.42 Å². The summed E-state index contributed by atoms with van der Waals surface area (Å²) in [7, 11) is 0. The van der Waals surface area contributed by atoms with Crippen molar-refractivity contribution in [3.8, 4) is 0 Å². The highest BCUT2D eigenvalue weighted by atomic mass is 17.1. The monoisotopic (exact) mass is 222 g/mol. The molecule has 0 spiro atoms. The largest absolute Gasteiger partial charge is 0.297 e. The first-order valence-electron chi connectivity index (χ1n) is 4.51.